The summed E-state index contributed by atoms with van der Waals surface area (Å²) in [5.74, 6) is 0.167. The van der Waals surface area contributed by atoms with E-state index in [1.807, 2.05) is 57.2 Å². The van der Waals surface area contributed by atoms with Gasteiger partial charge in [-0.1, -0.05) is 48.1 Å². The SMILES string of the molecule is C/C=C(\C)CC1(c2ccccc2)Oc2ccc(C(=O)N3CCC(O)C3)cc2O1.C=CC. The molecule has 2 aromatic carbocycles. The summed E-state index contributed by atoms with van der Waals surface area (Å²) in [6, 6.07) is 15.2. The zero-order valence-corrected chi connectivity index (χ0v) is 18.5. The number of carbonyl (C=O) groups is 1. The average molecular weight is 422 g/mol. The molecule has 1 saturated heterocycles. The van der Waals surface area contributed by atoms with Crippen LogP contribution in [0.15, 0.2) is 72.8 Å². The van der Waals surface area contributed by atoms with Gasteiger partial charge in [-0.25, -0.2) is 0 Å². The Morgan fingerprint density at radius 2 is 1.87 bits per heavy atom. The van der Waals surface area contributed by atoms with Gasteiger partial charge in [-0.2, -0.15) is 0 Å². The van der Waals surface area contributed by atoms with Crippen LogP contribution in [0.1, 0.15) is 49.5 Å². The van der Waals surface area contributed by atoms with Gasteiger partial charge in [0.1, 0.15) is 0 Å². The number of allylic oxidation sites excluding steroid dienone is 2. The maximum absolute atomic E-state index is 12.8. The molecule has 2 aromatic rings. The van der Waals surface area contributed by atoms with E-state index in [-0.39, 0.29) is 5.91 Å². The highest BCUT2D eigenvalue weighted by Gasteiger charge is 2.44. The number of benzene rings is 2. The van der Waals surface area contributed by atoms with Crippen LogP contribution in [-0.4, -0.2) is 35.1 Å². The minimum atomic E-state index is -0.939. The van der Waals surface area contributed by atoms with Crippen molar-refractivity contribution in [1.29, 1.82) is 0 Å². The van der Waals surface area contributed by atoms with Crippen molar-refractivity contribution in [1.82, 2.24) is 4.90 Å². The lowest BCUT2D eigenvalue weighted by Crippen LogP contribution is -2.35. The summed E-state index contributed by atoms with van der Waals surface area (Å²) in [7, 11) is 0. The Bertz CT molecular complexity index is 953. The van der Waals surface area contributed by atoms with Crippen LogP contribution in [-0.2, 0) is 5.79 Å². The molecule has 2 atom stereocenters. The van der Waals surface area contributed by atoms with E-state index >= 15 is 0 Å². The Labute approximate surface area is 184 Å². The first kappa shape index (κ1) is 22.6. The lowest BCUT2D eigenvalue weighted by molar-refractivity contribution is -0.0854. The summed E-state index contributed by atoms with van der Waals surface area (Å²) >= 11 is 0. The molecule has 0 spiro atoms. The normalized spacial score (nSPS) is 22.0. The molecule has 2 aliphatic heterocycles. The van der Waals surface area contributed by atoms with Gasteiger partial charge >= 0.3 is 0 Å². The molecule has 2 aliphatic rings. The summed E-state index contributed by atoms with van der Waals surface area (Å²) in [4.78, 5) is 14.4. The Hall–Kier alpha value is -3.05. The molecule has 1 fully saturated rings. The molecule has 0 radical (unpaired) electrons. The Balaban J connectivity index is 0.000000858. The predicted molar refractivity (Wildman–Crippen MR) is 122 cm³/mol. The lowest BCUT2D eigenvalue weighted by Gasteiger charge is -2.28. The fraction of sp³-hybridized carbons (Fsp3) is 0.346. The number of rotatable bonds is 4. The summed E-state index contributed by atoms with van der Waals surface area (Å²) in [5.41, 5.74) is 2.63. The van der Waals surface area contributed by atoms with Crippen molar-refractivity contribution in [3.05, 3.63) is 84.0 Å². The molecular formula is C26H31NO4. The van der Waals surface area contributed by atoms with Gasteiger partial charge < -0.3 is 19.5 Å². The maximum Gasteiger partial charge on any atom is 0.282 e. The summed E-state index contributed by atoms with van der Waals surface area (Å²) in [5, 5.41) is 9.71. The van der Waals surface area contributed by atoms with Gasteiger partial charge in [-0.15, -0.1) is 6.58 Å². The molecule has 5 nitrogen and oxygen atoms in total. The van der Waals surface area contributed by atoms with Gasteiger partial charge in [-0.3, -0.25) is 4.79 Å². The standard InChI is InChI=1S/C23H25NO4.C3H6/c1-3-16(2)14-23(18-7-5-4-6-8-18)27-20-10-9-17(13-21(20)28-23)22(26)24-12-11-19(25)15-24;1-3-2/h3-10,13,19,25H,11-12,14-15H2,1-2H3;3H,1H2,2H3/b16-3+;. The average Bonchev–Trinajstić information content (AvgIpc) is 3.37. The van der Waals surface area contributed by atoms with Crippen LogP contribution in [0.3, 0.4) is 0 Å². The minimum absolute atomic E-state index is 0.0928. The van der Waals surface area contributed by atoms with E-state index in [1.165, 1.54) is 0 Å². The molecule has 0 bridgehead atoms. The van der Waals surface area contributed by atoms with Crippen molar-refractivity contribution < 1.29 is 19.4 Å². The summed E-state index contributed by atoms with van der Waals surface area (Å²) in [6.07, 6.45) is 4.57. The third kappa shape index (κ3) is 5.00. The molecular weight excluding hydrogens is 390 g/mol. The summed E-state index contributed by atoms with van der Waals surface area (Å²) in [6.45, 7) is 10.2. The van der Waals surface area contributed by atoms with E-state index in [4.69, 9.17) is 9.47 Å². The first-order chi connectivity index (χ1) is 14.9. The molecule has 31 heavy (non-hydrogen) atoms. The first-order valence-corrected chi connectivity index (χ1v) is 10.7. The quantitative estimate of drug-likeness (QED) is 0.701. The third-order valence-electron chi connectivity index (χ3n) is 5.41. The molecule has 1 amide bonds. The number of ether oxygens (including phenoxy) is 2. The molecule has 2 unspecified atom stereocenters. The molecule has 0 aliphatic carbocycles. The summed E-state index contributed by atoms with van der Waals surface area (Å²) < 4.78 is 12.6. The van der Waals surface area contributed by atoms with Crippen LogP contribution in [0.2, 0.25) is 0 Å². The van der Waals surface area contributed by atoms with Gasteiger partial charge in [-0.05, 0) is 45.4 Å². The van der Waals surface area contributed by atoms with Crippen LogP contribution in [0.5, 0.6) is 11.5 Å². The van der Waals surface area contributed by atoms with Crippen LogP contribution < -0.4 is 9.47 Å². The first-order valence-electron chi connectivity index (χ1n) is 10.7. The number of hydrogen-bond donors (Lipinski definition) is 1. The molecule has 5 heteroatoms. The smallest absolute Gasteiger partial charge is 0.282 e. The number of likely N-dealkylation sites (tertiary alicyclic amines) is 1. The molecule has 2 heterocycles. The van der Waals surface area contributed by atoms with E-state index in [2.05, 4.69) is 6.58 Å². The number of hydrogen-bond acceptors (Lipinski definition) is 4. The fourth-order valence-electron chi connectivity index (χ4n) is 3.74. The van der Waals surface area contributed by atoms with Gasteiger partial charge in [0, 0.05) is 24.2 Å². The van der Waals surface area contributed by atoms with E-state index < -0.39 is 11.9 Å². The van der Waals surface area contributed by atoms with Crippen molar-refractivity contribution in [2.24, 2.45) is 0 Å². The number of nitrogens with zero attached hydrogens (tertiary/aromatic N) is 1. The van der Waals surface area contributed by atoms with Gasteiger partial charge in [0.05, 0.1) is 12.5 Å². The second kappa shape index (κ2) is 9.84. The zero-order valence-electron chi connectivity index (χ0n) is 18.5. The van der Waals surface area contributed by atoms with Crippen molar-refractivity contribution >= 4 is 5.91 Å². The number of amides is 1. The highest BCUT2D eigenvalue weighted by molar-refractivity contribution is 5.95. The number of carbonyl (C=O) groups excluding carboxylic acids is 1. The van der Waals surface area contributed by atoms with Crippen LogP contribution in [0.25, 0.3) is 0 Å². The molecule has 164 valence electrons. The molecule has 1 N–H and O–H groups in total. The Morgan fingerprint density at radius 3 is 2.48 bits per heavy atom. The van der Waals surface area contributed by atoms with Crippen molar-refractivity contribution in [2.45, 2.75) is 45.5 Å². The monoisotopic (exact) mass is 421 g/mol. The minimum Gasteiger partial charge on any atom is -0.444 e. The van der Waals surface area contributed by atoms with Crippen molar-refractivity contribution in [3.63, 3.8) is 0 Å². The number of aliphatic hydroxyl groups is 1. The van der Waals surface area contributed by atoms with Crippen molar-refractivity contribution in [3.8, 4) is 11.5 Å². The van der Waals surface area contributed by atoms with Crippen LogP contribution in [0, 0.1) is 0 Å². The van der Waals surface area contributed by atoms with Crippen LogP contribution >= 0.6 is 0 Å². The lowest BCUT2D eigenvalue weighted by atomic mass is 9.98. The largest absolute Gasteiger partial charge is 0.444 e. The second-order valence-corrected chi connectivity index (χ2v) is 7.90. The maximum atomic E-state index is 12.8. The molecule has 4 rings (SSSR count). The number of β-amino-alcohol motifs (C(OH)–C–C–N with tert-alkyl or cyclic N) is 1. The van der Waals surface area contributed by atoms with E-state index in [9.17, 15) is 9.90 Å². The van der Waals surface area contributed by atoms with Crippen LogP contribution in [0.4, 0.5) is 0 Å². The zero-order chi connectivity index (χ0) is 22.4. The van der Waals surface area contributed by atoms with E-state index in [1.54, 1.807) is 29.2 Å². The predicted octanol–water partition coefficient (Wildman–Crippen LogP) is 5.07. The van der Waals surface area contributed by atoms with Crippen molar-refractivity contribution in [2.75, 3.05) is 13.1 Å². The van der Waals surface area contributed by atoms with E-state index in [0.717, 1.165) is 11.1 Å². The Morgan fingerprint density at radius 1 is 1.19 bits per heavy atom. The third-order valence-corrected chi connectivity index (χ3v) is 5.41. The molecule has 0 saturated carbocycles. The van der Waals surface area contributed by atoms with Gasteiger partial charge in [0.15, 0.2) is 11.5 Å². The molecule has 0 aromatic heterocycles. The topological polar surface area (TPSA) is 59.0 Å². The Kier molecular flexibility index (Phi) is 7.18. The van der Waals surface area contributed by atoms with Gasteiger partial charge in [0.2, 0.25) is 0 Å². The fourth-order valence-corrected chi connectivity index (χ4v) is 3.74. The van der Waals surface area contributed by atoms with E-state index in [0.29, 0.717) is 43.0 Å². The number of fused-ring (bicyclic) bond motifs is 1. The number of aliphatic hydroxyl groups excluding tert-OH is 1. The van der Waals surface area contributed by atoms with Gasteiger partial charge in [0.25, 0.3) is 11.7 Å². The second-order valence-electron chi connectivity index (χ2n) is 7.90. The highest BCUT2D eigenvalue weighted by Crippen LogP contribution is 2.47. The highest BCUT2D eigenvalue weighted by atomic mass is 16.7.